The van der Waals surface area contributed by atoms with Crippen LogP contribution in [0.15, 0.2) is 12.0 Å². The molecule has 5 heteroatoms. The van der Waals surface area contributed by atoms with Crippen molar-refractivity contribution in [3.8, 4) is 0 Å². The molecule has 0 aromatic rings. The second kappa shape index (κ2) is 4.95. The molecule has 0 N–H and O–H groups in total. The van der Waals surface area contributed by atoms with Crippen LogP contribution >= 0.6 is 0 Å². The first-order chi connectivity index (χ1) is 5.43. The summed E-state index contributed by atoms with van der Waals surface area (Å²) in [5, 5.41) is 4.25. The van der Waals surface area contributed by atoms with Crippen LogP contribution in [0.1, 0.15) is 0 Å². The fourth-order valence-electron chi connectivity index (χ4n) is 0.542. The molecule has 1 aliphatic rings. The molecule has 5 nitrogen and oxygen atoms in total. The van der Waals surface area contributed by atoms with Crippen LogP contribution in [0.5, 0.6) is 0 Å². The monoisotopic (exact) mass is 162 g/mol. The molecule has 0 saturated heterocycles. The van der Waals surface area contributed by atoms with E-state index < -0.39 is 0 Å². The Morgan fingerprint density at radius 1 is 1.45 bits per heavy atom. The van der Waals surface area contributed by atoms with Crippen LogP contribution in [0.2, 0.25) is 0 Å². The maximum absolute atomic E-state index is 5.08. The molecule has 0 aliphatic carbocycles. The van der Waals surface area contributed by atoms with E-state index in [0.717, 1.165) is 0 Å². The second-order valence-electron chi connectivity index (χ2n) is 1.83. The molecule has 11 heavy (non-hydrogen) atoms. The Hall–Kier alpha value is -0.780. The molecule has 0 unspecified atom stereocenters. The fourth-order valence-corrected chi connectivity index (χ4v) is 0.542. The van der Waals surface area contributed by atoms with Gasteiger partial charge < -0.3 is 14.4 Å². The molecule has 1 heterocycles. The third-order valence-corrected chi connectivity index (χ3v) is 1.08. The Bertz CT molecular complexity index is 133. The van der Waals surface area contributed by atoms with Crippen LogP contribution in [0.4, 0.5) is 0 Å². The normalized spacial score (nSPS) is 25.0. The lowest BCUT2D eigenvalue weighted by Crippen LogP contribution is -2.04. The van der Waals surface area contributed by atoms with Gasteiger partial charge in [-0.05, 0) is 5.04 Å². The molecule has 0 fully saturated rings. The highest BCUT2D eigenvalue weighted by Crippen LogP contribution is 1.99. The third-order valence-electron chi connectivity index (χ3n) is 1.08. The van der Waals surface area contributed by atoms with Gasteiger partial charge in [0.1, 0.15) is 13.2 Å². The van der Waals surface area contributed by atoms with Gasteiger partial charge in [0.25, 0.3) is 0 Å². The van der Waals surface area contributed by atoms with E-state index in [4.69, 9.17) is 9.47 Å². The SMILES string of the molecule is CO/C1=C/OOOCCOC1. The minimum Gasteiger partial charge on any atom is -0.495 e. The van der Waals surface area contributed by atoms with Gasteiger partial charge >= 0.3 is 0 Å². The van der Waals surface area contributed by atoms with E-state index in [0.29, 0.717) is 25.6 Å². The molecule has 0 spiro atoms. The minimum atomic E-state index is 0.338. The molecule has 0 amide bonds. The zero-order valence-corrected chi connectivity index (χ0v) is 6.24. The second-order valence-corrected chi connectivity index (χ2v) is 1.83. The van der Waals surface area contributed by atoms with Crippen LogP contribution in [0.3, 0.4) is 0 Å². The van der Waals surface area contributed by atoms with Gasteiger partial charge in [-0.25, -0.2) is 0 Å². The summed E-state index contributed by atoms with van der Waals surface area (Å²) in [4.78, 5) is 8.97. The van der Waals surface area contributed by atoms with E-state index in [-0.39, 0.29) is 0 Å². The van der Waals surface area contributed by atoms with Crippen LogP contribution in [0, 0.1) is 0 Å². The van der Waals surface area contributed by atoms with Gasteiger partial charge in [-0.15, -0.1) is 0 Å². The van der Waals surface area contributed by atoms with Crippen molar-refractivity contribution in [2.45, 2.75) is 0 Å². The van der Waals surface area contributed by atoms with Gasteiger partial charge in [-0.1, -0.05) is 0 Å². The molecule has 1 aliphatic heterocycles. The minimum absolute atomic E-state index is 0.338. The van der Waals surface area contributed by atoms with E-state index in [1.165, 1.54) is 13.4 Å². The summed E-state index contributed by atoms with van der Waals surface area (Å²) in [6.07, 6.45) is 1.28. The highest BCUT2D eigenvalue weighted by Gasteiger charge is 2.01. The standard InChI is InChI=1S/C6H10O5/c1-7-6-4-8-2-3-9-11-10-5-6/h5H,2-4H2,1H3/b6-5+. The van der Waals surface area contributed by atoms with Gasteiger partial charge in [0.15, 0.2) is 12.0 Å². The van der Waals surface area contributed by atoms with Crippen molar-refractivity contribution in [1.82, 2.24) is 0 Å². The lowest BCUT2D eigenvalue weighted by molar-refractivity contribution is -0.490. The highest BCUT2D eigenvalue weighted by atomic mass is 17.5. The fraction of sp³-hybridized carbons (Fsp3) is 0.667. The average molecular weight is 162 g/mol. The van der Waals surface area contributed by atoms with Crippen molar-refractivity contribution in [3.05, 3.63) is 12.0 Å². The van der Waals surface area contributed by atoms with Crippen LogP contribution < -0.4 is 0 Å². The van der Waals surface area contributed by atoms with Crippen molar-refractivity contribution in [2.75, 3.05) is 26.9 Å². The van der Waals surface area contributed by atoms with Crippen LogP contribution in [-0.4, -0.2) is 26.9 Å². The molecule has 1 rings (SSSR count). The Kier molecular flexibility index (Phi) is 3.74. The molecule has 0 radical (unpaired) electrons. The first-order valence-corrected chi connectivity index (χ1v) is 3.19. The molecular formula is C6H10O5. The van der Waals surface area contributed by atoms with Crippen molar-refractivity contribution < 1.29 is 24.3 Å². The third kappa shape index (κ3) is 3.22. The first-order valence-electron chi connectivity index (χ1n) is 3.19. The van der Waals surface area contributed by atoms with Gasteiger partial charge in [-0.3, -0.25) is 0 Å². The molecule has 0 saturated carbocycles. The quantitative estimate of drug-likeness (QED) is 0.522. The maximum Gasteiger partial charge on any atom is 0.172 e. The first kappa shape index (κ1) is 8.32. The summed E-state index contributed by atoms with van der Waals surface area (Å²) >= 11 is 0. The van der Waals surface area contributed by atoms with Crippen LogP contribution in [-0.2, 0) is 24.3 Å². The predicted octanol–water partition coefficient (Wildman–Crippen LogP) is 0.384. The van der Waals surface area contributed by atoms with Crippen LogP contribution in [0.25, 0.3) is 0 Å². The maximum atomic E-state index is 5.08. The molecule has 0 atom stereocenters. The van der Waals surface area contributed by atoms with Gasteiger partial charge in [-0.2, -0.15) is 4.89 Å². The topological polar surface area (TPSA) is 46.2 Å². The molecule has 0 bridgehead atoms. The predicted molar refractivity (Wildman–Crippen MR) is 34.0 cm³/mol. The van der Waals surface area contributed by atoms with Gasteiger partial charge in [0, 0.05) is 0 Å². The largest absolute Gasteiger partial charge is 0.495 e. The lowest BCUT2D eigenvalue weighted by atomic mass is 10.6. The summed E-state index contributed by atoms with van der Waals surface area (Å²) in [6, 6.07) is 0. The lowest BCUT2D eigenvalue weighted by Gasteiger charge is -2.02. The van der Waals surface area contributed by atoms with E-state index in [1.54, 1.807) is 0 Å². The number of ether oxygens (including phenoxy) is 2. The van der Waals surface area contributed by atoms with E-state index in [2.05, 4.69) is 14.8 Å². The Morgan fingerprint density at radius 2 is 2.36 bits per heavy atom. The summed E-state index contributed by atoms with van der Waals surface area (Å²) in [6.45, 7) is 1.15. The zero-order chi connectivity index (χ0) is 7.94. The van der Waals surface area contributed by atoms with E-state index in [9.17, 15) is 0 Å². The zero-order valence-electron chi connectivity index (χ0n) is 6.24. The Labute approximate surface area is 64.3 Å². The molecule has 0 aromatic carbocycles. The highest BCUT2D eigenvalue weighted by molar-refractivity contribution is 4.86. The van der Waals surface area contributed by atoms with Gasteiger partial charge in [0.05, 0.1) is 13.7 Å². The summed E-state index contributed by atoms with van der Waals surface area (Å²) in [5.74, 6) is 0.551. The van der Waals surface area contributed by atoms with Gasteiger partial charge in [0.2, 0.25) is 0 Å². The van der Waals surface area contributed by atoms with Crippen molar-refractivity contribution in [1.29, 1.82) is 0 Å². The summed E-state index contributed by atoms with van der Waals surface area (Å²) < 4.78 is 9.94. The Morgan fingerprint density at radius 3 is 3.18 bits per heavy atom. The number of rotatable bonds is 1. The number of methoxy groups -OCH3 is 1. The molecular weight excluding hydrogens is 152 g/mol. The number of hydrogen-bond donors (Lipinski definition) is 0. The van der Waals surface area contributed by atoms with Crippen molar-refractivity contribution in [2.24, 2.45) is 0 Å². The average Bonchev–Trinajstić information content (AvgIpc) is 2.16. The smallest absolute Gasteiger partial charge is 0.172 e. The van der Waals surface area contributed by atoms with Crippen molar-refractivity contribution in [3.63, 3.8) is 0 Å². The number of hydrogen-bond acceptors (Lipinski definition) is 5. The summed E-state index contributed by atoms with van der Waals surface area (Å²) in [7, 11) is 1.53. The van der Waals surface area contributed by atoms with Crippen molar-refractivity contribution >= 4 is 0 Å². The summed E-state index contributed by atoms with van der Waals surface area (Å²) in [5.41, 5.74) is 0. The molecule has 0 aromatic heterocycles. The van der Waals surface area contributed by atoms with E-state index >= 15 is 0 Å². The Balaban J connectivity index is 2.34. The molecule has 64 valence electrons. The van der Waals surface area contributed by atoms with E-state index in [1.807, 2.05) is 0 Å².